The summed E-state index contributed by atoms with van der Waals surface area (Å²) in [7, 11) is 0. The van der Waals surface area contributed by atoms with Gasteiger partial charge in [-0.15, -0.1) is 0 Å². The van der Waals surface area contributed by atoms with Crippen molar-refractivity contribution < 1.29 is 14.3 Å². The Hall–Kier alpha value is -1.75. The van der Waals surface area contributed by atoms with Crippen LogP contribution >= 0.6 is 0 Å². The molecule has 0 saturated heterocycles. The van der Waals surface area contributed by atoms with E-state index in [2.05, 4.69) is 17.6 Å². The molecule has 1 rings (SSSR count). The van der Waals surface area contributed by atoms with Crippen molar-refractivity contribution in [3.63, 3.8) is 0 Å². The van der Waals surface area contributed by atoms with Gasteiger partial charge in [0.05, 0.1) is 6.61 Å². The minimum atomic E-state index is -0.204. The van der Waals surface area contributed by atoms with E-state index >= 15 is 0 Å². The van der Waals surface area contributed by atoms with Crippen LogP contribution in [-0.2, 0) is 4.74 Å². The van der Waals surface area contributed by atoms with Crippen LogP contribution < -0.4 is 15.4 Å². The fraction of sp³-hybridized carbons (Fsp3) is 0.533. The average Bonchev–Trinajstić information content (AvgIpc) is 2.45. The third-order valence-corrected chi connectivity index (χ3v) is 2.52. The summed E-state index contributed by atoms with van der Waals surface area (Å²) in [5, 5.41) is 5.55. The average molecular weight is 280 g/mol. The molecule has 0 atom stereocenters. The van der Waals surface area contributed by atoms with Crippen molar-refractivity contribution in [3.05, 3.63) is 24.3 Å². The number of hydrogen-bond donors (Lipinski definition) is 2. The Morgan fingerprint density at radius 1 is 1.15 bits per heavy atom. The van der Waals surface area contributed by atoms with Crippen molar-refractivity contribution in [3.8, 4) is 5.75 Å². The van der Waals surface area contributed by atoms with Gasteiger partial charge >= 0.3 is 6.03 Å². The molecule has 1 aromatic carbocycles. The van der Waals surface area contributed by atoms with Crippen molar-refractivity contribution in [2.45, 2.75) is 26.7 Å². The molecule has 0 heterocycles. The van der Waals surface area contributed by atoms with Gasteiger partial charge in [-0.1, -0.05) is 6.92 Å². The number of rotatable bonds is 9. The summed E-state index contributed by atoms with van der Waals surface area (Å²) in [6, 6.07) is 7.09. The van der Waals surface area contributed by atoms with Crippen LogP contribution in [0.4, 0.5) is 10.5 Å². The second-order valence-corrected chi connectivity index (χ2v) is 4.30. The molecule has 0 spiro atoms. The van der Waals surface area contributed by atoms with Gasteiger partial charge in [-0.3, -0.25) is 0 Å². The molecule has 0 aliphatic rings. The van der Waals surface area contributed by atoms with E-state index in [4.69, 9.17) is 9.47 Å². The number of benzene rings is 1. The maximum absolute atomic E-state index is 11.6. The Bertz CT molecular complexity index is 379. The third kappa shape index (κ3) is 6.99. The van der Waals surface area contributed by atoms with E-state index in [9.17, 15) is 4.79 Å². The first-order valence-electron chi connectivity index (χ1n) is 7.11. The van der Waals surface area contributed by atoms with Gasteiger partial charge in [-0.2, -0.15) is 0 Å². The number of ether oxygens (including phenoxy) is 2. The monoisotopic (exact) mass is 280 g/mol. The van der Waals surface area contributed by atoms with Crippen LogP contribution in [-0.4, -0.2) is 32.4 Å². The highest BCUT2D eigenvalue weighted by Gasteiger charge is 2.01. The smallest absolute Gasteiger partial charge is 0.319 e. The molecule has 2 amide bonds. The van der Waals surface area contributed by atoms with Crippen LogP contribution in [0.3, 0.4) is 0 Å². The zero-order chi connectivity index (χ0) is 14.6. The van der Waals surface area contributed by atoms with E-state index in [0.29, 0.717) is 19.8 Å². The number of amides is 2. The molecule has 112 valence electrons. The SMILES string of the molecule is CCCOCCCNC(=O)Nc1ccc(OCC)cc1. The van der Waals surface area contributed by atoms with Crippen LogP contribution in [0.1, 0.15) is 26.7 Å². The Morgan fingerprint density at radius 2 is 1.90 bits per heavy atom. The fourth-order valence-electron chi connectivity index (χ4n) is 1.60. The highest BCUT2D eigenvalue weighted by molar-refractivity contribution is 5.89. The van der Waals surface area contributed by atoms with E-state index in [1.54, 1.807) is 0 Å². The lowest BCUT2D eigenvalue weighted by atomic mass is 10.3. The first-order valence-corrected chi connectivity index (χ1v) is 7.11. The molecule has 5 nitrogen and oxygen atoms in total. The molecule has 0 aromatic heterocycles. The van der Waals surface area contributed by atoms with Crippen LogP contribution in [0.25, 0.3) is 0 Å². The summed E-state index contributed by atoms with van der Waals surface area (Å²) >= 11 is 0. The van der Waals surface area contributed by atoms with Gasteiger partial charge in [0, 0.05) is 25.4 Å². The molecule has 0 unspecified atom stereocenters. The van der Waals surface area contributed by atoms with Crippen LogP contribution in [0.15, 0.2) is 24.3 Å². The molecule has 5 heteroatoms. The molecule has 0 saturated carbocycles. The lowest BCUT2D eigenvalue weighted by Gasteiger charge is -2.09. The van der Waals surface area contributed by atoms with Crippen molar-refractivity contribution >= 4 is 11.7 Å². The van der Waals surface area contributed by atoms with Crippen LogP contribution in [0.2, 0.25) is 0 Å². The maximum atomic E-state index is 11.6. The zero-order valence-electron chi connectivity index (χ0n) is 12.3. The first kappa shape index (κ1) is 16.3. The molecule has 0 aliphatic heterocycles. The molecule has 0 fully saturated rings. The lowest BCUT2D eigenvalue weighted by Crippen LogP contribution is -2.30. The highest BCUT2D eigenvalue weighted by Crippen LogP contribution is 2.15. The van der Waals surface area contributed by atoms with Crippen molar-refractivity contribution in [1.29, 1.82) is 0 Å². The first-order chi connectivity index (χ1) is 9.76. The molecule has 2 N–H and O–H groups in total. The molecule has 0 bridgehead atoms. The van der Waals surface area contributed by atoms with Gasteiger partial charge in [0.25, 0.3) is 0 Å². The summed E-state index contributed by atoms with van der Waals surface area (Å²) in [5.74, 6) is 0.798. The largest absolute Gasteiger partial charge is 0.494 e. The van der Waals surface area contributed by atoms with Gasteiger partial charge in [0.2, 0.25) is 0 Å². The highest BCUT2D eigenvalue weighted by atomic mass is 16.5. The second-order valence-electron chi connectivity index (χ2n) is 4.30. The van der Waals surface area contributed by atoms with Gasteiger partial charge in [0.1, 0.15) is 5.75 Å². The molecule has 20 heavy (non-hydrogen) atoms. The minimum Gasteiger partial charge on any atom is -0.494 e. The van der Waals surface area contributed by atoms with Crippen LogP contribution in [0, 0.1) is 0 Å². The predicted octanol–water partition coefficient (Wildman–Crippen LogP) is 3.02. The Kier molecular flexibility index (Phi) is 8.22. The summed E-state index contributed by atoms with van der Waals surface area (Å²) in [5.41, 5.74) is 0.744. The number of hydrogen-bond acceptors (Lipinski definition) is 3. The molecular formula is C15H24N2O3. The molecular weight excluding hydrogens is 256 g/mol. The van der Waals surface area contributed by atoms with Crippen molar-refractivity contribution in [2.75, 3.05) is 31.7 Å². The van der Waals surface area contributed by atoms with Gasteiger partial charge < -0.3 is 20.1 Å². The molecule has 0 radical (unpaired) electrons. The molecule has 0 aliphatic carbocycles. The van der Waals surface area contributed by atoms with E-state index < -0.39 is 0 Å². The zero-order valence-corrected chi connectivity index (χ0v) is 12.3. The number of nitrogens with one attached hydrogen (secondary N) is 2. The number of carbonyl (C=O) groups is 1. The van der Waals surface area contributed by atoms with Crippen LogP contribution in [0.5, 0.6) is 5.75 Å². The Balaban J connectivity index is 2.18. The minimum absolute atomic E-state index is 0.204. The van der Waals surface area contributed by atoms with E-state index in [1.165, 1.54) is 0 Å². The number of anilines is 1. The number of urea groups is 1. The third-order valence-electron chi connectivity index (χ3n) is 2.52. The van der Waals surface area contributed by atoms with Crippen molar-refractivity contribution in [2.24, 2.45) is 0 Å². The summed E-state index contributed by atoms with van der Waals surface area (Å²) in [4.78, 5) is 11.6. The predicted molar refractivity (Wildman–Crippen MR) is 80.4 cm³/mol. The quantitative estimate of drug-likeness (QED) is 0.684. The maximum Gasteiger partial charge on any atom is 0.319 e. The normalized spacial score (nSPS) is 10.1. The van der Waals surface area contributed by atoms with Gasteiger partial charge in [-0.05, 0) is 44.0 Å². The van der Waals surface area contributed by atoms with E-state index in [0.717, 1.165) is 30.9 Å². The van der Waals surface area contributed by atoms with Gasteiger partial charge in [0.15, 0.2) is 0 Å². The topological polar surface area (TPSA) is 59.6 Å². The lowest BCUT2D eigenvalue weighted by molar-refractivity contribution is 0.132. The summed E-state index contributed by atoms with van der Waals surface area (Å²) < 4.78 is 10.7. The summed E-state index contributed by atoms with van der Waals surface area (Å²) in [6.45, 7) is 6.70. The van der Waals surface area contributed by atoms with Crippen molar-refractivity contribution in [1.82, 2.24) is 5.32 Å². The Morgan fingerprint density at radius 3 is 2.55 bits per heavy atom. The van der Waals surface area contributed by atoms with E-state index in [1.807, 2.05) is 31.2 Å². The Labute approximate surface area is 120 Å². The molecule has 1 aromatic rings. The number of carbonyl (C=O) groups excluding carboxylic acids is 1. The summed E-state index contributed by atoms with van der Waals surface area (Å²) in [6.07, 6.45) is 1.84. The second kappa shape index (κ2) is 10.1. The van der Waals surface area contributed by atoms with E-state index in [-0.39, 0.29) is 6.03 Å². The van der Waals surface area contributed by atoms with Gasteiger partial charge in [-0.25, -0.2) is 4.79 Å². The fourth-order valence-corrected chi connectivity index (χ4v) is 1.60. The standard InChI is InChI=1S/C15H24N2O3/c1-3-11-19-12-5-10-16-15(18)17-13-6-8-14(9-7-13)20-4-2/h6-9H,3-5,10-12H2,1-2H3,(H2,16,17,18).